The van der Waals surface area contributed by atoms with E-state index in [9.17, 15) is 28.8 Å². The van der Waals surface area contributed by atoms with E-state index in [1.165, 1.54) is 22.7 Å². The average Bonchev–Trinajstić information content (AvgIpc) is 4.13. The number of unbranched alkanes of at least 4 members (excludes halogenated alkanes) is 5. The molecule has 17 heteroatoms. The number of benzene rings is 3. The molecule has 2 aromatic heterocycles. The van der Waals surface area contributed by atoms with Gasteiger partial charge in [-0.1, -0.05) is 19.2 Å². The van der Waals surface area contributed by atoms with Crippen LogP contribution in [0.25, 0.3) is 20.1 Å². The van der Waals surface area contributed by atoms with Gasteiger partial charge in [-0.25, -0.2) is 14.6 Å². The van der Waals surface area contributed by atoms with Crippen LogP contribution in [-0.4, -0.2) is 67.2 Å². The van der Waals surface area contributed by atoms with Crippen molar-refractivity contribution in [1.82, 2.24) is 4.98 Å². The Bertz CT molecular complexity index is 2640. The normalized spacial score (nSPS) is 17.4. The molecule has 5 aromatic rings. The molecule has 0 aliphatic heterocycles. The molecule has 73 heavy (non-hydrogen) atoms. The summed E-state index contributed by atoms with van der Waals surface area (Å²) in [6.45, 7) is 8.51. The Morgan fingerprint density at radius 3 is 1.33 bits per heavy atom. The minimum absolute atomic E-state index is 0.259. The van der Waals surface area contributed by atoms with E-state index in [4.69, 9.17) is 42.9 Å². The van der Waals surface area contributed by atoms with Crippen molar-refractivity contribution in [2.75, 3.05) is 26.4 Å². The van der Waals surface area contributed by atoms with Crippen LogP contribution in [0.5, 0.6) is 34.5 Å². The van der Waals surface area contributed by atoms with Crippen molar-refractivity contribution in [3.63, 3.8) is 0 Å². The number of rotatable bonds is 26. The molecule has 0 spiro atoms. The maximum atomic E-state index is 13.7. The van der Waals surface area contributed by atoms with Gasteiger partial charge in [-0.05, 0) is 168 Å². The van der Waals surface area contributed by atoms with Crippen LogP contribution < -0.4 is 28.4 Å². The molecule has 2 saturated carbocycles. The fraction of sp³-hybridized carbons (Fsp3) is 0.411. The molecule has 3 aromatic carbocycles. The fourth-order valence-corrected chi connectivity index (χ4v) is 10.4. The monoisotopic (exact) mass is 1040 g/mol. The molecule has 2 heterocycles. The lowest BCUT2D eigenvalue weighted by atomic mass is 9.82. The predicted molar refractivity (Wildman–Crippen MR) is 275 cm³/mol. The summed E-state index contributed by atoms with van der Waals surface area (Å²) in [5.41, 5.74) is 0.410. The third-order valence-corrected chi connectivity index (χ3v) is 14.8. The lowest BCUT2D eigenvalue weighted by Crippen LogP contribution is -2.30. The van der Waals surface area contributed by atoms with Gasteiger partial charge in [0.15, 0.2) is 11.5 Å². The third kappa shape index (κ3) is 16.3. The highest BCUT2D eigenvalue weighted by Gasteiger charge is 2.35. The number of fused-ring (bicyclic) bond motifs is 1. The summed E-state index contributed by atoms with van der Waals surface area (Å²) < 4.78 is 45.6. The molecule has 0 N–H and O–H groups in total. The quantitative estimate of drug-likeness (QED) is 0.0220. The van der Waals surface area contributed by atoms with Crippen molar-refractivity contribution in [3.8, 4) is 44.4 Å². The number of hydrogen-bond donors (Lipinski definition) is 0. The smallest absolute Gasteiger partial charge is 0.330 e. The fourth-order valence-electron chi connectivity index (χ4n) is 8.53. The molecule has 15 nitrogen and oxygen atoms in total. The molecule has 0 radical (unpaired) electrons. The Morgan fingerprint density at radius 1 is 0.493 bits per heavy atom. The van der Waals surface area contributed by atoms with E-state index < -0.39 is 35.7 Å². The van der Waals surface area contributed by atoms with Gasteiger partial charge < -0.3 is 37.9 Å². The second-order valence-electron chi connectivity index (χ2n) is 17.9. The van der Waals surface area contributed by atoms with Crippen molar-refractivity contribution >= 4 is 68.7 Å². The van der Waals surface area contributed by atoms with Crippen molar-refractivity contribution in [3.05, 3.63) is 103 Å². The topological polar surface area (TPSA) is 189 Å². The number of thiophene rings is 1. The van der Waals surface area contributed by atoms with Gasteiger partial charge in [0, 0.05) is 12.2 Å². The van der Waals surface area contributed by atoms with Crippen LogP contribution in [0.1, 0.15) is 96.3 Å². The number of nitrogens with zero attached hydrogens (tertiary/aromatic N) is 1. The first kappa shape index (κ1) is 53.9. The standard InChI is InChI=1S/C56H61NO14S2/c1-3-48(58)66-34-9-6-5-8-32-64-41-22-26-43(27-23-41)69-54(61)38-16-20-40(21-17-38)56(63)71-46-31-30-45(50-51(46)73-52(57-50)47-13-12-36-72-47)70-55(62)39-18-14-37(15-19-39)53(60)68-44-28-24-42(25-29-44)65-33-10-7-11-35-67-49(59)4-2/h3-4,12-13,22-31,36-40H,1-2,5-11,14-21,32-35H2/t37-,38-,39-,40-. The van der Waals surface area contributed by atoms with Crippen LogP contribution in [0.15, 0.2) is 103 Å². The molecular weight excluding hydrogens is 975 g/mol. The first-order valence-corrected chi connectivity index (χ1v) is 26.6. The Kier molecular flexibility index (Phi) is 20.6. The summed E-state index contributed by atoms with van der Waals surface area (Å²) in [6, 6.07) is 20.9. The third-order valence-electron chi connectivity index (χ3n) is 12.7. The van der Waals surface area contributed by atoms with Crippen LogP contribution in [0.3, 0.4) is 0 Å². The first-order chi connectivity index (χ1) is 35.6. The SMILES string of the molecule is C=CC(=O)OCCCCCCOc1ccc(OC(=O)[C@H]2CC[C@H](C(=O)Oc3ccc(OC(=O)[C@H]4CC[C@H](C(=O)Oc5ccc(OCCCCCOC(=O)C=C)cc5)CC4)c4nc(-c5cccs5)sc34)CC2)cc1. The molecule has 0 saturated heterocycles. The van der Waals surface area contributed by atoms with E-state index >= 15 is 0 Å². The molecule has 386 valence electrons. The lowest BCUT2D eigenvalue weighted by Gasteiger charge is -2.26. The lowest BCUT2D eigenvalue weighted by molar-refractivity contribution is -0.145. The molecule has 2 aliphatic rings. The van der Waals surface area contributed by atoms with Gasteiger partial charge in [0.1, 0.15) is 38.2 Å². The van der Waals surface area contributed by atoms with E-state index in [0.717, 1.165) is 62.0 Å². The second kappa shape index (κ2) is 27.8. The van der Waals surface area contributed by atoms with Gasteiger partial charge in [0.2, 0.25) is 0 Å². The molecule has 0 bridgehead atoms. The number of thiazole rings is 1. The predicted octanol–water partition coefficient (Wildman–Crippen LogP) is 11.6. The summed E-state index contributed by atoms with van der Waals surface area (Å²) in [6.07, 6.45) is 11.8. The first-order valence-electron chi connectivity index (χ1n) is 24.9. The van der Waals surface area contributed by atoms with Gasteiger partial charge in [-0.15, -0.1) is 22.7 Å². The minimum atomic E-state index is -0.430. The summed E-state index contributed by atoms with van der Waals surface area (Å²) in [5.74, 6) is -1.21. The highest BCUT2D eigenvalue weighted by Crippen LogP contribution is 2.43. The maximum Gasteiger partial charge on any atom is 0.330 e. The van der Waals surface area contributed by atoms with Crippen molar-refractivity contribution in [2.24, 2.45) is 23.7 Å². The largest absolute Gasteiger partial charge is 0.494 e. The van der Waals surface area contributed by atoms with Gasteiger partial charge >= 0.3 is 35.8 Å². The molecule has 7 rings (SSSR count). The van der Waals surface area contributed by atoms with Crippen LogP contribution in [-0.2, 0) is 38.2 Å². The van der Waals surface area contributed by atoms with Crippen LogP contribution in [0.2, 0.25) is 0 Å². The molecule has 0 unspecified atom stereocenters. The van der Waals surface area contributed by atoms with E-state index in [-0.39, 0.29) is 29.5 Å². The number of aromatic nitrogens is 1. The van der Waals surface area contributed by atoms with E-state index in [2.05, 4.69) is 13.2 Å². The minimum Gasteiger partial charge on any atom is -0.494 e. The summed E-state index contributed by atoms with van der Waals surface area (Å²) in [5, 5.41) is 2.64. The Balaban J connectivity index is 0.842. The van der Waals surface area contributed by atoms with Crippen molar-refractivity contribution in [1.29, 1.82) is 0 Å². The zero-order valence-electron chi connectivity index (χ0n) is 40.8. The molecule has 0 atom stereocenters. The van der Waals surface area contributed by atoms with Gasteiger partial charge in [0.25, 0.3) is 0 Å². The van der Waals surface area contributed by atoms with Crippen LogP contribution in [0.4, 0.5) is 0 Å². The average molecular weight is 1040 g/mol. The highest BCUT2D eigenvalue weighted by molar-refractivity contribution is 7.25. The number of hydrogen-bond acceptors (Lipinski definition) is 17. The van der Waals surface area contributed by atoms with E-state index in [0.29, 0.717) is 122 Å². The molecule has 2 fully saturated rings. The van der Waals surface area contributed by atoms with E-state index in [1.807, 2.05) is 17.5 Å². The number of esters is 6. The van der Waals surface area contributed by atoms with Crippen LogP contribution >= 0.6 is 22.7 Å². The van der Waals surface area contributed by atoms with Crippen molar-refractivity contribution in [2.45, 2.75) is 96.3 Å². The van der Waals surface area contributed by atoms with Gasteiger partial charge in [-0.3, -0.25) is 19.2 Å². The number of carbonyl (C=O) groups excluding carboxylic acids is 6. The Morgan fingerprint density at radius 2 is 0.890 bits per heavy atom. The molecule has 2 aliphatic carbocycles. The highest BCUT2D eigenvalue weighted by atomic mass is 32.1. The Labute approximate surface area is 432 Å². The zero-order valence-corrected chi connectivity index (χ0v) is 42.4. The van der Waals surface area contributed by atoms with E-state index in [1.54, 1.807) is 60.7 Å². The van der Waals surface area contributed by atoms with Crippen LogP contribution in [0, 0.1) is 23.7 Å². The van der Waals surface area contributed by atoms with Gasteiger partial charge in [0.05, 0.1) is 55.0 Å². The Hall–Kier alpha value is -6.85. The second-order valence-corrected chi connectivity index (χ2v) is 19.8. The summed E-state index contributed by atoms with van der Waals surface area (Å²) in [7, 11) is 0. The zero-order chi connectivity index (χ0) is 51.4. The molecule has 0 amide bonds. The van der Waals surface area contributed by atoms with Crippen molar-refractivity contribution < 1.29 is 66.7 Å². The molecular formula is C56H61NO14S2. The van der Waals surface area contributed by atoms with Gasteiger partial charge in [-0.2, -0.15) is 0 Å². The number of ether oxygens (including phenoxy) is 8. The summed E-state index contributed by atoms with van der Waals surface area (Å²) in [4.78, 5) is 81.6. The maximum absolute atomic E-state index is 13.7. The number of carbonyl (C=O) groups is 6. The summed E-state index contributed by atoms with van der Waals surface area (Å²) >= 11 is 2.87.